The average Bonchev–Trinajstić information content (AvgIpc) is 2.86. The molecule has 3 N–H and O–H groups in total. The van der Waals surface area contributed by atoms with Crippen molar-refractivity contribution in [1.82, 2.24) is 14.7 Å². The summed E-state index contributed by atoms with van der Waals surface area (Å²) in [5, 5.41) is 7.12. The number of hydrogen-bond donors (Lipinski definition) is 2. The Kier molecular flexibility index (Phi) is 8.68. The number of amides is 1. The Morgan fingerprint density at radius 1 is 1.30 bits per heavy atom. The summed E-state index contributed by atoms with van der Waals surface area (Å²) in [6.45, 7) is 3.55. The van der Waals surface area contributed by atoms with Gasteiger partial charge in [-0.3, -0.25) is 9.48 Å². The molecule has 6 nitrogen and oxygen atoms in total. The standard InChI is InChI=1S/C15H21N5O.2ClH/c1-11-4-5-12(16)10-13(11)15(21)17-14-6-7-20(18-14)9-8-19(2)3;;/h4-7,10H,8-9,16H2,1-3H3,(H,17,18,21);2*1H. The molecule has 1 aromatic carbocycles. The Morgan fingerprint density at radius 3 is 2.65 bits per heavy atom. The fourth-order valence-corrected chi connectivity index (χ4v) is 1.92. The summed E-state index contributed by atoms with van der Waals surface area (Å²) < 4.78 is 1.81. The Morgan fingerprint density at radius 2 is 2.00 bits per heavy atom. The van der Waals surface area contributed by atoms with Crippen LogP contribution in [-0.2, 0) is 6.54 Å². The van der Waals surface area contributed by atoms with Crippen molar-refractivity contribution in [2.24, 2.45) is 0 Å². The van der Waals surface area contributed by atoms with Gasteiger partial charge in [-0.15, -0.1) is 24.8 Å². The van der Waals surface area contributed by atoms with Crippen molar-refractivity contribution in [3.05, 3.63) is 41.6 Å². The molecule has 1 aromatic heterocycles. The molecule has 0 spiro atoms. The van der Waals surface area contributed by atoms with Crippen LogP contribution in [0.2, 0.25) is 0 Å². The molecule has 23 heavy (non-hydrogen) atoms. The van der Waals surface area contributed by atoms with Gasteiger partial charge in [0.2, 0.25) is 0 Å². The van der Waals surface area contributed by atoms with Gasteiger partial charge in [0.1, 0.15) is 0 Å². The molecule has 0 unspecified atom stereocenters. The molecule has 0 saturated carbocycles. The van der Waals surface area contributed by atoms with Crippen LogP contribution in [0.25, 0.3) is 0 Å². The lowest BCUT2D eigenvalue weighted by molar-refractivity contribution is 0.102. The number of carbonyl (C=O) groups is 1. The zero-order valence-electron chi connectivity index (χ0n) is 13.4. The smallest absolute Gasteiger partial charge is 0.257 e. The maximum absolute atomic E-state index is 12.2. The molecule has 0 aliphatic carbocycles. The van der Waals surface area contributed by atoms with Crippen molar-refractivity contribution in [3.8, 4) is 0 Å². The molecule has 8 heteroatoms. The van der Waals surface area contributed by atoms with Gasteiger partial charge >= 0.3 is 0 Å². The number of aromatic nitrogens is 2. The van der Waals surface area contributed by atoms with Crippen LogP contribution >= 0.6 is 24.8 Å². The van der Waals surface area contributed by atoms with Crippen molar-refractivity contribution in [1.29, 1.82) is 0 Å². The third-order valence-electron chi connectivity index (χ3n) is 3.16. The number of nitrogens with two attached hydrogens (primary N) is 1. The highest BCUT2D eigenvalue weighted by atomic mass is 35.5. The number of likely N-dealkylation sites (N-methyl/N-ethyl adjacent to an activating group) is 1. The van der Waals surface area contributed by atoms with Crippen molar-refractivity contribution >= 4 is 42.2 Å². The molecule has 0 radical (unpaired) electrons. The zero-order valence-corrected chi connectivity index (χ0v) is 15.1. The van der Waals surface area contributed by atoms with E-state index in [2.05, 4.69) is 15.3 Å². The molecular formula is C15H23Cl2N5O. The van der Waals surface area contributed by atoms with Crippen LogP contribution in [0.1, 0.15) is 15.9 Å². The minimum atomic E-state index is -0.197. The second kappa shape index (κ2) is 9.39. The normalized spacial score (nSPS) is 9.91. The van der Waals surface area contributed by atoms with Gasteiger partial charge in [-0.25, -0.2) is 0 Å². The van der Waals surface area contributed by atoms with Gasteiger partial charge in [0.25, 0.3) is 5.91 Å². The van der Waals surface area contributed by atoms with Crippen LogP contribution in [0.5, 0.6) is 0 Å². The second-order valence-electron chi connectivity index (χ2n) is 5.30. The second-order valence-corrected chi connectivity index (χ2v) is 5.30. The first kappa shape index (κ1) is 21.2. The topological polar surface area (TPSA) is 76.2 Å². The lowest BCUT2D eigenvalue weighted by atomic mass is 10.1. The van der Waals surface area contributed by atoms with Crippen LogP contribution in [0.4, 0.5) is 11.5 Å². The van der Waals surface area contributed by atoms with E-state index in [9.17, 15) is 4.79 Å². The van der Waals surface area contributed by atoms with E-state index in [1.165, 1.54) is 0 Å². The van der Waals surface area contributed by atoms with Gasteiger partial charge in [0.15, 0.2) is 5.82 Å². The zero-order chi connectivity index (χ0) is 15.4. The summed E-state index contributed by atoms with van der Waals surface area (Å²) in [5.41, 5.74) is 7.75. The van der Waals surface area contributed by atoms with E-state index in [-0.39, 0.29) is 30.7 Å². The van der Waals surface area contributed by atoms with Crippen LogP contribution in [0.3, 0.4) is 0 Å². The highest BCUT2D eigenvalue weighted by molar-refractivity contribution is 6.05. The Bertz CT molecular complexity index is 643. The number of carbonyl (C=O) groups excluding carboxylic acids is 1. The molecule has 0 aliphatic rings. The van der Waals surface area contributed by atoms with Crippen LogP contribution in [0.15, 0.2) is 30.5 Å². The predicted molar refractivity (Wildman–Crippen MR) is 98.8 cm³/mol. The number of anilines is 2. The number of rotatable bonds is 5. The minimum absolute atomic E-state index is 0. The van der Waals surface area contributed by atoms with Gasteiger partial charge in [-0.2, -0.15) is 5.10 Å². The Labute approximate surface area is 148 Å². The molecule has 0 saturated heterocycles. The molecule has 2 aromatic rings. The summed E-state index contributed by atoms with van der Waals surface area (Å²) in [5.74, 6) is 0.346. The van der Waals surface area contributed by atoms with Crippen molar-refractivity contribution in [3.63, 3.8) is 0 Å². The largest absolute Gasteiger partial charge is 0.399 e. The first-order chi connectivity index (χ1) is 9.95. The third-order valence-corrected chi connectivity index (χ3v) is 3.16. The first-order valence-electron chi connectivity index (χ1n) is 6.81. The molecule has 1 amide bonds. The van der Waals surface area contributed by atoms with E-state index in [1.807, 2.05) is 38.0 Å². The van der Waals surface area contributed by atoms with Crippen LogP contribution in [0, 0.1) is 6.92 Å². The molecule has 0 atom stereocenters. The molecule has 2 rings (SSSR count). The maximum Gasteiger partial charge on any atom is 0.257 e. The summed E-state index contributed by atoms with van der Waals surface area (Å²) in [4.78, 5) is 14.3. The minimum Gasteiger partial charge on any atom is -0.399 e. The molecule has 0 bridgehead atoms. The number of nitrogen functional groups attached to an aromatic ring is 1. The Balaban J connectivity index is 0.00000242. The van der Waals surface area contributed by atoms with E-state index in [0.717, 1.165) is 18.7 Å². The van der Waals surface area contributed by atoms with E-state index < -0.39 is 0 Å². The van der Waals surface area contributed by atoms with Crippen LogP contribution < -0.4 is 11.1 Å². The van der Waals surface area contributed by atoms with Crippen LogP contribution in [-0.4, -0.2) is 41.2 Å². The number of aryl methyl sites for hydroxylation is 1. The lowest BCUT2D eigenvalue weighted by Gasteiger charge is -2.09. The Hall–Kier alpha value is -1.76. The quantitative estimate of drug-likeness (QED) is 0.803. The van der Waals surface area contributed by atoms with Gasteiger partial charge in [-0.05, 0) is 38.7 Å². The third kappa shape index (κ3) is 6.09. The van der Waals surface area contributed by atoms with Gasteiger partial charge < -0.3 is 16.0 Å². The highest BCUT2D eigenvalue weighted by Crippen LogP contribution is 2.14. The number of nitrogens with one attached hydrogen (secondary N) is 1. The molecule has 128 valence electrons. The van der Waals surface area contributed by atoms with Gasteiger partial charge in [0, 0.05) is 30.1 Å². The SMILES string of the molecule is Cc1ccc(N)cc1C(=O)Nc1ccn(CCN(C)C)n1.Cl.Cl. The molecular weight excluding hydrogens is 337 g/mol. The van der Waals surface area contributed by atoms with Gasteiger partial charge in [0.05, 0.1) is 6.54 Å². The van der Waals surface area contributed by atoms with E-state index in [4.69, 9.17) is 5.73 Å². The molecule has 1 heterocycles. The number of benzene rings is 1. The predicted octanol–water partition coefficient (Wildman–Crippen LogP) is 2.43. The fraction of sp³-hybridized carbons (Fsp3) is 0.333. The molecule has 0 fully saturated rings. The monoisotopic (exact) mass is 359 g/mol. The number of nitrogens with zero attached hydrogens (tertiary/aromatic N) is 3. The summed E-state index contributed by atoms with van der Waals surface area (Å²) >= 11 is 0. The van der Waals surface area contributed by atoms with Crippen molar-refractivity contribution in [2.75, 3.05) is 31.7 Å². The lowest BCUT2D eigenvalue weighted by Crippen LogP contribution is -2.19. The van der Waals surface area contributed by atoms with E-state index >= 15 is 0 Å². The number of halogens is 2. The highest BCUT2D eigenvalue weighted by Gasteiger charge is 2.11. The summed E-state index contributed by atoms with van der Waals surface area (Å²) in [6, 6.07) is 7.07. The van der Waals surface area contributed by atoms with E-state index in [1.54, 1.807) is 18.2 Å². The van der Waals surface area contributed by atoms with Gasteiger partial charge in [-0.1, -0.05) is 6.07 Å². The average molecular weight is 360 g/mol. The van der Waals surface area contributed by atoms with E-state index in [0.29, 0.717) is 17.1 Å². The molecule has 0 aliphatic heterocycles. The maximum atomic E-state index is 12.2. The first-order valence-corrected chi connectivity index (χ1v) is 6.81. The fourth-order valence-electron chi connectivity index (χ4n) is 1.92. The summed E-state index contributed by atoms with van der Waals surface area (Å²) in [7, 11) is 4.02. The summed E-state index contributed by atoms with van der Waals surface area (Å²) in [6.07, 6.45) is 1.85. The van der Waals surface area contributed by atoms with Crippen molar-refractivity contribution < 1.29 is 4.79 Å². The van der Waals surface area contributed by atoms with Crippen molar-refractivity contribution in [2.45, 2.75) is 13.5 Å². The number of hydrogen-bond acceptors (Lipinski definition) is 4.